The zero-order valence-corrected chi connectivity index (χ0v) is 12.7. The fourth-order valence-corrected chi connectivity index (χ4v) is 2.04. The fourth-order valence-electron chi connectivity index (χ4n) is 1.44. The van der Waals surface area contributed by atoms with Crippen molar-refractivity contribution in [2.24, 2.45) is 0 Å². The van der Waals surface area contributed by atoms with Crippen LogP contribution in [-0.2, 0) is 0 Å². The van der Waals surface area contributed by atoms with Gasteiger partial charge in [0, 0.05) is 15.1 Å². The molecule has 2 aromatic rings. The highest BCUT2D eigenvalue weighted by Crippen LogP contribution is 2.26. The van der Waals surface area contributed by atoms with Crippen LogP contribution < -0.4 is 5.32 Å². The first-order chi connectivity index (χ1) is 8.58. The van der Waals surface area contributed by atoms with Gasteiger partial charge in [-0.3, -0.25) is 4.79 Å². The van der Waals surface area contributed by atoms with Gasteiger partial charge in [0.25, 0.3) is 5.91 Å². The zero-order valence-electron chi connectivity index (χ0n) is 9.58. The predicted molar refractivity (Wildman–Crippen MR) is 78.8 cm³/mol. The topological polar surface area (TPSA) is 42.0 Å². The van der Waals surface area contributed by atoms with E-state index < -0.39 is 0 Å². The van der Waals surface area contributed by atoms with E-state index in [1.54, 1.807) is 18.3 Å². The lowest BCUT2D eigenvalue weighted by molar-refractivity contribution is 0.102. The minimum atomic E-state index is -0.228. The number of aromatic nitrogens is 1. The summed E-state index contributed by atoms with van der Waals surface area (Å²) >= 11 is 6.73. The van der Waals surface area contributed by atoms with Gasteiger partial charge in [0.15, 0.2) is 0 Å². The largest absolute Gasteiger partial charge is 0.320 e. The zero-order chi connectivity index (χ0) is 13.1. The van der Waals surface area contributed by atoms with Crippen molar-refractivity contribution in [2.45, 2.75) is 6.92 Å². The van der Waals surface area contributed by atoms with Gasteiger partial charge in [0.1, 0.15) is 5.69 Å². The molecule has 92 valence electrons. The number of halogens is 2. The Labute approximate surface area is 122 Å². The maximum Gasteiger partial charge on any atom is 0.274 e. The number of carbonyl (C=O) groups excluding carboxylic acids is 1. The molecule has 0 spiro atoms. The molecule has 1 N–H and O–H groups in total. The molecule has 5 heteroatoms. The number of nitrogens with one attached hydrogen (secondary N) is 1. The van der Waals surface area contributed by atoms with Gasteiger partial charge in [-0.05, 0) is 62.5 Å². The fraction of sp³-hybridized carbons (Fsp3) is 0.0769. The Morgan fingerprint density at radius 2 is 2.00 bits per heavy atom. The Hall–Kier alpha value is -1.20. The summed E-state index contributed by atoms with van der Waals surface area (Å²) < 4.78 is 1.73. The number of carbonyl (C=O) groups is 1. The normalized spacial score (nSPS) is 10.2. The van der Waals surface area contributed by atoms with Crippen molar-refractivity contribution in [2.75, 3.05) is 5.32 Å². The SMILES string of the molecule is Cc1cccc(NC(=O)c2ccc(Br)cn2)c1Br. The molecule has 0 atom stereocenters. The maximum atomic E-state index is 12.0. The first-order valence-corrected chi connectivity index (χ1v) is 6.84. The predicted octanol–water partition coefficient (Wildman–Crippen LogP) is 4.17. The lowest BCUT2D eigenvalue weighted by Crippen LogP contribution is -2.13. The van der Waals surface area contributed by atoms with E-state index in [0.717, 1.165) is 20.2 Å². The van der Waals surface area contributed by atoms with Crippen molar-refractivity contribution in [3.63, 3.8) is 0 Å². The second kappa shape index (κ2) is 5.63. The van der Waals surface area contributed by atoms with Crippen LogP contribution in [0.3, 0.4) is 0 Å². The number of aryl methyl sites for hydroxylation is 1. The molecule has 0 aliphatic rings. The molecule has 0 aliphatic heterocycles. The summed E-state index contributed by atoms with van der Waals surface area (Å²) in [5, 5.41) is 2.82. The van der Waals surface area contributed by atoms with Crippen LogP contribution in [0.5, 0.6) is 0 Å². The number of pyridine rings is 1. The molecule has 0 aliphatic carbocycles. The van der Waals surface area contributed by atoms with E-state index >= 15 is 0 Å². The Kier molecular flexibility index (Phi) is 4.14. The maximum absolute atomic E-state index is 12.0. The Morgan fingerprint density at radius 3 is 2.67 bits per heavy atom. The monoisotopic (exact) mass is 368 g/mol. The molecule has 2 rings (SSSR count). The summed E-state index contributed by atoms with van der Waals surface area (Å²) in [6.07, 6.45) is 1.60. The molecule has 1 aromatic carbocycles. The smallest absolute Gasteiger partial charge is 0.274 e. The molecule has 0 bridgehead atoms. The van der Waals surface area contributed by atoms with Crippen LogP contribution in [0.25, 0.3) is 0 Å². The van der Waals surface area contributed by atoms with E-state index in [1.807, 2.05) is 25.1 Å². The Balaban J connectivity index is 2.21. The standard InChI is InChI=1S/C13H10Br2N2O/c1-8-3-2-4-10(12(8)15)17-13(18)11-6-5-9(14)7-16-11/h2-7H,1H3,(H,17,18). The molecule has 3 nitrogen and oxygen atoms in total. The number of anilines is 1. The minimum Gasteiger partial charge on any atom is -0.320 e. The van der Waals surface area contributed by atoms with E-state index in [1.165, 1.54) is 0 Å². The molecule has 1 amide bonds. The molecule has 1 heterocycles. The van der Waals surface area contributed by atoms with Crippen molar-refractivity contribution in [3.8, 4) is 0 Å². The molecule has 18 heavy (non-hydrogen) atoms. The molecule has 0 saturated carbocycles. The van der Waals surface area contributed by atoms with Gasteiger partial charge in [-0.25, -0.2) is 4.98 Å². The third-order valence-corrected chi connectivity index (χ3v) is 3.92. The molecule has 0 fully saturated rings. The average Bonchev–Trinajstić information content (AvgIpc) is 2.36. The summed E-state index contributed by atoms with van der Waals surface area (Å²) in [5.74, 6) is -0.228. The van der Waals surface area contributed by atoms with Crippen LogP contribution in [0.2, 0.25) is 0 Å². The van der Waals surface area contributed by atoms with Crippen molar-refractivity contribution in [1.29, 1.82) is 0 Å². The Morgan fingerprint density at radius 1 is 1.22 bits per heavy atom. The van der Waals surface area contributed by atoms with Crippen LogP contribution in [0.1, 0.15) is 16.1 Å². The number of amides is 1. The number of hydrogen-bond donors (Lipinski definition) is 1. The quantitative estimate of drug-likeness (QED) is 0.863. The number of nitrogens with zero attached hydrogens (tertiary/aromatic N) is 1. The van der Waals surface area contributed by atoms with E-state index in [4.69, 9.17) is 0 Å². The third kappa shape index (κ3) is 2.97. The van der Waals surface area contributed by atoms with E-state index in [0.29, 0.717) is 5.69 Å². The van der Waals surface area contributed by atoms with Crippen LogP contribution in [0.4, 0.5) is 5.69 Å². The number of hydrogen-bond acceptors (Lipinski definition) is 2. The van der Waals surface area contributed by atoms with Crippen molar-refractivity contribution >= 4 is 43.5 Å². The molecule has 0 saturated heterocycles. The van der Waals surface area contributed by atoms with Crippen LogP contribution in [0, 0.1) is 6.92 Å². The minimum absolute atomic E-state index is 0.228. The molecule has 1 aromatic heterocycles. The van der Waals surface area contributed by atoms with Crippen molar-refractivity contribution < 1.29 is 4.79 Å². The second-order valence-corrected chi connectivity index (χ2v) is 5.46. The summed E-state index contributed by atoms with van der Waals surface area (Å²) in [7, 11) is 0. The summed E-state index contributed by atoms with van der Waals surface area (Å²) in [6, 6.07) is 9.16. The number of rotatable bonds is 2. The molecular formula is C13H10Br2N2O. The van der Waals surface area contributed by atoms with Gasteiger partial charge in [-0.1, -0.05) is 12.1 Å². The highest BCUT2D eigenvalue weighted by molar-refractivity contribution is 9.11. The van der Waals surface area contributed by atoms with E-state index in [-0.39, 0.29) is 5.91 Å². The lowest BCUT2D eigenvalue weighted by atomic mass is 10.2. The lowest BCUT2D eigenvalue weighted by Gasteiger charge is -2.08. The Bertz CT molecular complexity index is 582. The summed E-state index contributed by atoms with van der Waals surface area (Å²) in [5.41, 5.74) is 2.19. The van der Waals surface area contributed by atoms with Gasteiger partial charge in [-0.2, -0.15) is 0 Å². The first kappa shape index (κ1) is 13.2. The highest BCUT2D eigenvalue weighted by Gasteiger charge is 2.10. The van der Waals surface area contributed by atoms with E-state index in [2.05, 4.69) is 42.2 Å². The first-order valence-electron chi connectivity index (χ1n) is 5.26. The second-order valence-electron chi connectivity index (χ2n) is 3.75. The van der Waals surface area contributed by atoms with Crippen molar-refractivity contribution in [1.82, 2.24) is 4.98 Å². The molecule has 0 unspecified atom stereocenters. The van der Waals surface area contributed by atoms with Gasteiger partial charge in [0.2, 0.25) is 0 Å². The number of benzene rings is 1. The van der Waals surface area contributed by atoms with Crippen LogP contribution in [0.15, 0.2) is 45.5 Å². The van der Waals surface area contributed by atoms with Crippen LogP contribution >= 0.6 is 31.9 Å². The third-order valence-electron chi connectivity index (χ3n) is 2.40. The van der Waals surface area contributed by atoms with Gasteiger partial charge >= 0.3 is 0 Å². The van der Waals surface area contributed by atoms with Crippen molar-refractivity contribution in [3.05, 3.63) is 56.7 Å². The molecular weight excluding hydrogens is 360 g/mol. The molecule has 0 radical (unpaired) electrons. The average molecular weight is 370 g/mol. The van der Waals surface area contributed by atoms with Gasteiger partial charge < -0.3 is 5.32 Å². The van der Waals surface area contributed by atoms with Crippen LogP contribution in [-0.4, -0.2) is 10.9 Å². The summed E-state index contributed by atoms with van der Waals surface area (Å²) in [6.45, 7) is 1.97. The van der Waals surface area contributed by atoms with Gasteiger partial charge in [0.05, 0.1) is 5.69 Å². The summed E-state index contributed by atoms with van der Waals surface area (Å²) in [4.78, 5) is 16.0. The van der Waals surface area contributed by atoms with E-state index in [9.17, 15) is 4.79 Å². The highest BCUT2D eigenvalue weighted by atomic mass is 79.9. The van der Waals surface area contributed by atoms with Gasteiger partial charge in [-0.15, -0.1) is 0 Å².